The van der Waals surface area contributed by atoms with Crippen LogP contribution in [-0.4, -0.2) is 26.1 Å². The minimum absolute atomic E-state index is 0.155. The molecule has 0 aromatic heterocycles. The Kier molecular flexibility index (Phi) is 4.25. The van der Waals surface area contributed by atoms with Crippen LogP contribution in [0.2, 0.25) is 0 Å². The van der Waals surface area contributed by atoms with E-state index in [9.17, 15) is 13.2 Å². The van der Waals surface area contributed by atoms with E-state index in [1.165, 1.54) is 12.1 Å². The number of alkyl halides is 3. The number of methoxy groups -OCH3 is 1. The molecule has 0 radical (unpaired) electrons. The minimum atomic E-state index is -4.68. The molecule has 0 spiro atoms. The van der Waals surface area contributed by atoms with E-state index in [1.54, 1.807) is 26.3 Å². The summed E-state index contributed by atoms with van der Waals surface area (Å²) in [7, 11) is 3.42. The lowest BCUT2D eigenvalue weighted by Gasteiger charge is -2.46. The van der Waals surface area contributed by atoms with Crippen molar-refractivity contribution in [3.8, 4) is 5.75 Å². The third-order valence-electron chi connectivity index (χ3n) is 3.85. The standard InChI is InChI=1S/C14H18F3NO2/c1-18-12(13(19-2)7-4-8-13)10-5-3-6-11(9-10)20-14(15,16)17/h3,5-6,9,12,18H,4,7-8H2,1-2H3. The van der Waals surface area contributed by atoms with E-state index in [1.807, 2.05) is 0 Å². The molecule has 1 aliphatic rings. The summed E-state index contributed by atoms with van der Waals surface area (Å²) in [4.78, 5) is 0. The molecule has 6 heteroatoms. The summed E-state index contributed by atoms with van der Waals surface area (Å²) in [6.45, 7) is 0. The topological polar surface area (TPSA) is 30.5 Å². The summed E-state index contributed by atoms with van der Waals surface area (Å²) < 4.78 is 46.4. The van der Waals surface area contributed by atoms with E-state index in [0.29, 0.717) is 0 Å². The Bertz CT molecular complexity index is 452. The summed E-state index contributed by atoms with van der Waals surface area (Å²) in [6.07, 6.45) is -1.84. The van der Waals surface area contributed by atoms with Gasteiger partial charge in [0.25, 0.3) is 0 Å². The SMILES string of the molecule is CNC(c1cccc(OC(F)(F)F)c1)C1(OC)CCC1. The maximum absolute atomic E-state index is 12.3. The normalized spacial score (nSPS) is 19.2. The van der Waals surface area contributed by atoms with Crippen molar-refractivity contribution in [2.45, 2.75) is 37.3 Å². The van der Waals surface area contributed by atoms with Gasteiger partial charge in [-0.3, -0.25) is 0 Å². The molecule has 3 nitrogen and oxygen atoms in total. The highest BCUT2D eigenvalue weighted by molar-refractivity contribution is 5.33. The molecule has 0 bridgehead atoms. The molecule has 20 heavy (non-hydrogen) atoms. The largest absolute Gasteiger partial charge is 0.573 e. The molecule has 2 rings (SSSR count). The van der Waals surface area contributed by atoms with E-state index in [2.05, 4.69) is 10.1 Å². The molecule has 0 saturated heterocycles. The van der Waals surface area contributed by atoms with E-state index in [-0.39, 0.29) is 17.4 Å². The molecule has 1 aliphatic carbocycles. The van der Waals surface area contributed by atoms with Gasteiger partial charge >= 0.3 is 6.36 Å². The fourth-order valence-corrected chi connectivity index (χ4v) is 2.76. The van der Waals surface area contributed by atoms with Crippen LogP contribution in [0.4, 0.5) is 13.2 Å². The van der Waals surface area contributed by atoms with Gasteiger partial charge in [-0.2, -0.15) is 0 Å². The number of hydrogen-bond acceptors (Lipinski definition) is 3. The Morgan fingerprint density at radius 2 is 2.00 bits per heavy atom. The van der Waals surface area contributed by atoms with Crippen LogP contribution in [0.25, 0.3) is 0 Å². The zero-order chi connectivity index (χ0) is 14.8. The Morgan fingerprint density at radius 3 is 2.45 bits per heavy atom. The first-order chi connectivity index (χ1) is 9.40. The average molecular weight is 289 g/mol. The van der Waals surface area contributed by atoms with E-state index < -0.39 is 6.36 Å². The molecule has 1 N–H and O–H groups in total. The molecular formula is C14H18F3NO2. The first-order valence-corrected chi connectivity index (χ1v) is 6.48. The second kappa shape index (κ2) is 5.61. The van der Waals surface area contributed by atoms with Gasteiger partial charge < -0.3 is 14.8 Å². The highest BCUT2D eigenvalue weighted by Crippen LogP contribution is 2.45. The van der Waals surface area contributed by atoms with Crippen LogP contribution in [0.15, 0.2) is 24.3 Å². The monoisotopic (exact) mass is 289 g/mol. The maximum Gasteiger partial charge on any atom is 0.573 e. The van der Waals surface area contributed by atoms with Crippen LogP contribution in [0, 0.1) is 0 Å². The Balaban J connectivity index is 2.24. The lowest BCUT2D eigenvalue weighted by molar-refractivity contribution is -0.274. The third-order valence-corrected chi connectivity index (χ3v) is 3.85. The number of nitrogens with one attached hydrogen (secondary N) is 1. The second-order valence-corrected chi connectivity index (χ2v) is 4.96. The maximum atomic E-state index is 12.3. The molecular weight excluding hydrogens is 271 g/mol. The predicted octanol–water partition coefficient (Wildman–Crippen LogP) is 3.41. The lowest BCUT2D eigenvalue weighted by Crippen LogP contribution is -2.49. The fraction of sp³-hybridized carbons (Fsp3) is 0.571. The van der Waals surface area contributed by atoms with Crippen LogP contribution in [-0.2, 0) is 4.74 Å². The summed E-state index contributed by atoms with van der Waals surface area (Å²) in [6, 6.07) is 5.89. The van der Waals surface area contributed by atoms with Gasteiger partial charge in [0, 0.05) is 7.11 Å². The Labute approximate surface area is 116 Å². The van der Waals surface area contributed by atoms with E-state index in [0.717, 1.165) is 24.8 Å². The summed E-state index contributed by atoms with van der Waals surface area (Å²) in [5.74, 6) is -0.208. The van der Waals surface area contributed by atoms with Gasteiger partial charge in [0.2, 0.25) is 0 Å². The number of ether oxygens (including phenoxy) is 2. The highest BCUT2D eigenvalue weighted by Gasteiger charge is 2.44. The predicted molar refractivity (Wildman–Crippen MR) is 68.5 cm³/mol. The van der Waals surface area contributed by atoms with Gasteiger partial charge in [-0.1, -0.05) is 12.1 Å². The van der Waals surface area contributed by atoms with Gasteiger partial charge in [0.1, 0.15) is 5.75 Å². The molecule has 112 valence electrons. The first-order valence-electron chi connectivity index (χ1n) is 6.48. The smallest absolute Gasteiger partial charge is 0.406 e. The van der Waals surface area contributed by atoms with Crippen LogP contribution in [0.3, 0.4) is 0 Å². The molecule has 1 aromatic carbocycles. The van der Waals surface area contributed by atoms with Crippen LogP contribution >= 0.6 is 0 Å². The van der Waals surface area contributed by atoms with Crippen LogP contribution in [0.5, 0.6) is 5.75 Å². The van der Waals surface area contributed by atoms with Gasteiger partial charge in [-0.25, -0.2) is 0 Å². The van der Waals surface area contributed by atoms with Crippen LogP contribution in [0.1, 0.15) is 30.9 Å². The van der Waals surface area contributed by atoms with Gasteiger partial charge in [0.05, 0.1) is 11.6 Å². The Morgan fingerprint density at radius 1 is 1.30 bits per heavy atom. The van der Waals surface area contributed by atoms with Crippen LogP contribution < -0.4 is 10.1 Å². The fourth-order valence-electron chi connectivity index (χ4n) is 2.76. The van der Waals surface area contributed by atoms with Crippen molar-refractivity contribution in [3.63, 3.8) is 0 Å². The molecule has 0 amide bonds. The highest BCUT2D eigenvalue weighted by atomic mass is 19.4. The van der Waals surface area contributed by atoms with E-state index >= 15 is 0 Å². The summed E-state index contributed by atoms with van der Waals surface area (Å²) in [5.41, 5.74) is 0.391. The van der Waals surface area contributed by atoms with Crippen molar-refractivity contribution in [1.82, 2.24) is 5.32 Å². The molecule has 1 fully saturated rings. The molecule has 1 saturated carbocycles. The third kappa shape index (κ3) is 3.07. The van der Waals surface area contributed by atoms with Gasteiger partial charge in [-0.05, 0) is 44.0 Å². The molecule has 0 aliphatic heterocycles. The average Bonchev–Trinajstić information content (AvgIpc) is 2.31. The number of likely N-dealkylation sites (N-methyl/N-ethyl adjacent to an activating group) is 1. The zero-order valence-corrected chi connectivity index (χ0v) is 11.5. The van der Waals surface area contributed by atoms with Crippen molar-refractivity contribution >= 4 is 0 Å². The first kappa shape index (κ1) is 15.1. The van der Waals surface area contributed by atoms with Crippen molar-refractivity contribution in [2.24, 2.45) is 0 Å². The quantitative estimate of drug-likeness (QED) is 0.901. The van der Waals surface area contributed by atoms with E-state index in [4.69, 9.17) is 4.74 Å². The summed E-state index contributed by atoms with van der Waals surface area (Å²) in [5, 5.41) is 3.14. The molecule has 0 heterocycles. The number of halogens is 3. The molecule has 1 atom stereocenters. The summed E-state index contributed by atoms with van der Waals surface area (Å²) >= 11 is 0. The van der Waals surface area contributed by atoms with Crippen molar-refractivity contribution < 1.29 is 22.6 Å². The van der Waals surface area contributed by atoms with Crippen molar-refractivity contribution in [3.05, 3.63) is 29.8 Å². The van der Waals surface area contributed by atoms with Gasteiger partial charge in [-0.15, -0.1) is 13.2 Å². The second-order valence-electron chi connectivity index (χ2n) is 4.96. The number of hydrogen-bond donors (Lipinski definition) is 1. The lowest BCUT2D eigenvalue weighted by atomic mass is 9.72. The van der Waals surface area contributed by atoms with Gasteiger partial charge in [0.15, 0.2) is 0 Å². The minimum Gasteiger partial charge on any atom is -0.406 e. The molecule has 1 unspecified atom stereocenters. The number of benzene rings is 1. The zero-order valence-electron chi connectivity index (χ0n) is 11.5. The molecule has 1 aromatic rings. The number of rotatable bonds is 5. The van der Waals surface area contributed by atoms with Crippen molar-refractivity contribution in [2.75, 3.05) is 14.2 Å². The Hall–Kier alpha value is -1.27. The van der Waals surface area contributed by atoms with Crippen molar-refractivity contribution in [1.29, 1.82) is 0 Å².